The van der Waals surface area contributed by atoms with E-state index in [9.17, 15) is 190 Å². The number of anilines is 1. The van der Waals surface area contributed by atoms with Gasteiger partial charge in [0, 0.05) is 16.8 Å². The lowest BCUT2D eigenvalue weighted by Crippen LogP contribution is -2.73. The first-order valence-corrected chi connectivity index (χ1v) is 20.1. The molecule has 0 bridgehead atoms. The van der Waals surface area contributed by atoms with Crippen LogP contribution in [-0.2, 0) is 43.8 Å². The zero-order valence-electron chi connectivity index (χ0n) is 40.4. The predicted molar refractivity (Wildman–Crippen MR) is 181 cm³/mol. The van der Waals surface area contributed by atoms with Gasteiger partial charge in [0.25, 0.3) is 5.91 Å². The number of halogens is 47. The Labute approximate surface area is 466 Å². The van der Waals surface area contributed by atoms with Gasteiger partial charge in [-0.15, -0.1) is 0 Å². The van der Waals surface area contributed by atoms with Gasteiger partial charge in [-0.25, -0.2) is 0 Å². The molecule has 0 aliphatic carbocycles. The second kappa shape index (κ2) is 23.6. The Hall–Kier alpha value is -5.16. The molecule has 59 heteroatoms. The van der Waals surface area contributed by atoms with E-state index in [4.69, 9.17) is 0 Å². The summed E-state index contributed by atoms with van der Waals surface area (Å²) in [6.07, 6.45) is -141. The maximum absolute atomic E-state index is 15.8. The Morgan fingerprint density at radius 2 is 0.554 bits per heavy atom. The molecular weight excluding hydrogens is 1470 g/mol. The van der Waals surface area contributed by atoms with Crippen LogP contribution in [0.1, 0.15) is 12.5 Å². The summed E-state index contributed by atoms with van der Waals surface area (Å²) in [7, 11) is -3.50. The molecule has 92 heavy (non-hydrogen) atoms. The summed E-state index contributed by atoms with van der Waals surface area (Å²) in [6.45, 7) is 3.45. The molecule has 0 saturated heterocycles. The van der Waals surface area contributed by atoms with Gasteiger partial charge in [-0.05, 0) is 24.5 Å². The number of alkyl halides is 47. The predicted octanol–water partition coefficient (Wildman–Crippen LogP) is 14.4. The highest BCUT2D eigenvalue weighted by molar-refractivity contribution is 6.58. The number of rotatable bonds is 25. The second-order valence-corrected chi connectivity index (χ2v) is 16.5. The van der Waals surface area contributed by atoms with E-state index in [-0.39, 0.29) is 6.07 Å². The van der Waals surface area contributed by atoms with Crippen molar-refractivity contribution >= 4 is 24.2 Å². The van der Waals surface area contributed by atoms with Gasteiger partial charge in [-0.2, -0.15) is 206 Å². The average molecular weight is 1490 g/mol. The lowest BCUT2D eigenvalue weighted by Gasteiger charge is -2.45. The summed E-state index contributed by atoms with van der Waals surface area (Å²) in [5.41, 5.74) is -7.77. The number of hydrogen-bond donors (Lipinski definition) is 3. The van der Waals surface area contributed by atoms with Crippen molar-refractivity contribution < 1.29 is 254 Å². The summed E-state index contributed by atoms with van der Waals surface area (Å²) in [6, 6.07) is -2.09. The Morgan fingerprint density at radius 3 is 0.739 bits per heavy atom. The van der Waals surface area contributed by atoms with Crippen LogP contribution in [0, 0.1) is 0 Å². The van der Waals surface area contributed by atoms with Crippen molar-refractivity contribution in [2.75, 3.05) is 5.32 Å². The van der Waals surface area contributed by atoms with Crippen molar-refractivity contribution in [2.45, 2.75) is 146 Å². The Balaban J connectivity index is 4.47. The van der Waals surface area contributed by atoms with Gasteiger partial charge >= 0.3 is 146 Å². The number of nitrogens with one attached hydrogen (secondary N) is 1. The standard InChI is InChI=1S/C33H11BF47NO10/c1-6(2)10(83)82-9-4-7(3-8(5-9)34(84)85)11(35,19(44,45)46)86-28(70,71)13(38,21(50,51)52)88-30(74,75)15(40,23(56,57)58)90-32(78,79)17(42,25(62,63)64)92-33(80,81)18(43,26(65,66)67)91-31(76,77)16(41,24(59,60)61)89-29(72,73)14(39,22(53,54)55)87-27(68,69)12(36,37)20(47,48)49/h3-5,84-85H,1H2,2H3,(H,82,83). The minimum absolute atomic E-state index is 0.128. The molecule has 1 aromatic rings. The van der Waals surface area contributed by atoms with Crippen LogP contribution in [0.3, 0.4) is 0 Å². The van der Waals surface area contributed by atoms with E-state index in [1.54, 1.807) is 0 Å². The van der Waals surface area contributed by atoms with Gasteiger partial charge in [-0.1, -0.05) is 12.6 Å². The fourth-order valence-electron chi connectivity index (χ4n) is 5.13. The summed E-state index contributed by atoms with van der Waals surface area (Å²) < 4.78 is 667. The fraction of sp³-hybridized carbons (Fsp3) is 0.727. The normalized spacial score (nSPS) is 19.8. The Kier molecular flexibility index (Phi) is 21.8. The van der Waals surface area contributed by atoms with Crippen LogP contribution in [0.25, 0.3) is 0 Å². The van der Waals surface area contributed by atoms with Crippen LogP contribution in [0.4, 0.5) is 212 Å². The van der Waals surface area contributed by atoms with Gasteiger partial charge < -0.3 is 15.4 Å². The molecule has 0 aliphatic rings. The third-order valence-electron chi connectivity index (χ3n) is 9.67. The Bertz CT molecular complexity index is 2800. The van der Waals surface area contributed by atoms with Crippen molar-refractivity contribution in [3.05, 3.63) is 35.9 Å². The largest absolute Gasteiger partial charge is 0.488 e. The first-order chi connectivity index (χ1) is 39.3. The quantitative estimate of drug-likeness (QED) is 0.0494. The zero-order valence-corrected chi connectivity index (χ0v) is 40.4. The molecule has 7 atom stereocenters. The molecule has 1 rings (SSSR count). The van der Waals surface area contributed by atoms with E-state index >= 15 is 30.7 Å². The lowest BCUT2D eigenvalue weighted by molar-refractivity contribution is -0.608. The van der Waals surface area contributed by atoms with Crippen molar-refractivity contribution in [3.63, 3.8) is 0 Å². The van der Waals surface area contributed by atoms with Crippen molar-refractivity contribution in [1.29, 1.82) is 0 Å². The highest BCUT2D eigenvalue weighted by atomic mass is 19.5. The molecule has 0 aliphatic heterocycles. The van der Waals surface area contributed by atoms with Crippen LogP contribution in [0.5, 0.6) is 0 Å². The molecule has 3 N–H and O–H groups in total. The number of amides is 1. The molecule has 0 saturated carbocycles. The highest BCUT2D eigenvalue weighted by Gasteiger charge is 2.93. The van der Waals surface area contributed by atoms with Crippen LogP contribution in [-0.4, -0.2) is 156 Å². The number of hydrogen-bond acceptors (Lipinski definition) is 10. The molecule has 0 aromatic heterocycles. The van der Waals surface area contributed by atoms with E-state index in [0.717, 1.165) is 4.74 Å². The van der Waals surface area contributed by atoms with Gasteiger partial charge in [-0.3, -0.25) is 38.0 Å². The van der Waals surface area contributed by atoms with E-state index in [1.807, 2.05) is 4.74 Å². The minimum Gasteiger partial charge on any atom is -0.423 e. The van der Waals surface area contributed by atoms with E-state index < -0.39 is 187 Å². The topological polar surface area (TPSA) is 134 Å². The zero-order chi connectivity index (χ0) is 74.7. The summed E-state index contributed by atoms with van der Waals surface area (Å²) in [5, 5.41) is 19.8. The SMILES string of the molecule is C=C(C)C(=O)Nc1cc(B(O)O)cc(C(F)(OC(F)(F)C(F)(OC(F)(F)C(F)(OC(F)(F)C(F)(OC(F)(F)C(F)(OC(F)(F)C(F)(OC(F)(F)C(F)(OC(F)(F)C(F)(F)C(F)(F)F)C(F)(F)F)C(F)(F)F)C(F)(F)F)C(F)(F)F)C(F)(F)F)C(F)(F)F)C(F)(F)F)c1. The lowest BCUT2D eigenvalue weighted by atomic mass is 9.78. The van der Waals surface area contributed by atoms with Crippen LogP contribution in [0.2, 0.25) is 0 Å². The highest BCUT2D eigenvalue weighted by Crippen LogP contribution is 2.65. The van der Waals surface area contributed by atoms with E-state index in [0.29, 0.717) is 30.6 Å². The monoisotopic (exact) mass is 1480 g/mol. The van der Waals surface area contributed by atoms with E-state index in [2.05, 4.69) is 6.58 Å². The summed E-state index contributed by atoms with van der Waals surface area (Å²) >= 11 is 0. The van der Waals surface area contributed by atoms with Gasteiger partial charge in [0.1, 0.15) is 0 Å². The molecule has 7 unspecified atom stereocenters. The number of benzene rings is 1. The molecule has 0 spiro atoms. The third kappa shape index (κ3) is 14.6. The molecule has 0 radical (unpaired) electrons. The summed E-state index contributed by atoms with van der Waals surface area (Å²) in [5.74, 6) is -77.1. The van der Waals surface area contributed by atoms with Crippen molar-refractivity contribution in [3.8, 4) is 0 Å². The maximum atomic E-state index is 15.8. The average Bonchev–Trinajstić information content (AvgIpc) is 0.717. The van der Waals surface area contributed by atoms with Gasteiger partial charge in [0.15, 0.2) is 0 Å². The van der Waals surface area contributed by atoms with Gasteiger partial charge in [0.05, 0.1) is 0 Å². The minimum atomic E-state index is -10.2. The van der Waals surface area contributed by atoms with E-state index in [1.165, 1.54) is 5.32 Å². The van der Waals surface area contributed by atoms with Crippen LogP contribution in [0.15, 0.2) is 30.4 Å². The molecule has 11 nitrogen and oxygen atoms in total. The molecule has 1 aromatic carbocycles. The number of ether oxygens (including phenoxy) is 7. The third-order valence-corrected chi connectivity index (χ3v) is 9.67. The first-order valence-electron chi connectivity index (χ1n) is 20.1. The molecule has 1 amide bonds. The van der Waals surface area contributed by atoms with Crippen molar-refractivity contribution in [2.24, 2.45) is 0 Å². The number of carbonyl (C=O) groups is 1. The first kappa shape index (κ1) is 84.9. The van der Waals surface area contributed by atoms with Crippen LogP contribution >= 0.6 is 0 Å². The fourth-order valence-corrected chi connectivity index (χ4v) is 5.13. The maximum Gasteiger partial charge on any atom is 0.488 e. The molecular formula is C33H11BF47NO10. The molecule has 0 heterocycles. The summed E-state index contributed by atoms with van der Waals surface area (Å²) in [4.78, 5) is 11.9. The molecule has 0 fully saturated rings. The van der Waals surface area contributed by atoms with Gasteiger partial charge in [0.2, 0.25) is 0 Å². The van der Waals surface area contributed by atoms with Crippen LogP contribution < -0.4 is 10.8 Å². The van der Waals surface area contributed by atoms with Crippen molar-refractivity contribution in [1.82, 2.24) is 0 Å². The smallest absolute Gasteiger partial charge is 0.423 e. The second-order valence-electron chi connectivity index (χ2n) is 16.5. The number of carbonyl (C=O) groups excluding carboxylic acids is 1. The Morgan fingerprint density at radius 1 is 0.337 bits per heavy atom. The molecule has 540 valence electrons.